The van der Waals surface area contributed by atoms with E-state index in [4.69, 9.17) is 11.6 Å². The van der Waals surface area contributed by atoms with Crippen molar-refractivity contribution in [1.29, 1.82) is 0 Å². The van der Waals surface area contributed by atoms with Crippen LogP contribution in [0.3, 0.4) is 0 Å². The summed E-state index contributed by atoms with van der Waals surface area (Å²) in [6.45, 7) is 0.621. The molecule has 0 N–H and O–H groups in total. The molecule has 120 valence electrons. The van der Waals surface area contributed by atoms with Crippen molar-refractivity contribution >= 4 is 28.3 Å². The Balaban J connectivity index is 1.75. The van der Waals surface area contributed by atoms with Crippen LogP contribution in [0.1, 0.15) is 21.5 Å². The van der Waals surface area contributed by atoms with Crippen molar-refractivity contribution in [1.82, 2.24) is 4.90 Å². The first-order chi connectivity index (χ1) is 11.8. The summed E-state index contributed by atoms with van der Waals surface area (Å²) >= 11 is 6.20. The highest BCUT2D eigenvalue weighted by molar-refractivity contribution is 6.18. The van der Waals surface area contributed by atoms with Gasteiger partial charge in [0.1, 0.15) is 0 Å². The van der Waals surface area contributed by atoms with Gasteiger partial charge in [-0.15, -0.1) is 11.6 Å². The highest BCUT2D eigenvalue weighted by Crippen LogP contribution is 2.27. The number of rotatable bonds is 2. The summed E-state index contributed by atoms with van der Waals surface area (Å²) in [5.74, 6) is 0.511. The number of carbonyl (C=O) groups excluding carboxylic acids is 1. The van der Waals surface area contributed by atoms with Crippen molar-refractivity contribution in [2.24, 2.45) is 0 Å². The fraction of sp³-hybridized carbons (Fsp3) is 0.190. The first-order valence-corrected chi connectivity index (χ1v) is 8.73. The van der Waals surface area contributed by atoms with Crippen molar-refractivity contribution < 1.29 is 4.79 Å². The van der Waals surface area contributed by atoms with Crippen LogP contribution in [0.5, 0.6) is 0 Å². The Morgan fingerprint density at radius 2 is 1.67 bits per heavy atom. The average molecular weight is 336 g/mol. The highest BCUT2D eigenvalue weighted by atomic mass is 35.5. The molecule has 0 radical (unpaired) electrons. The first-order valence-electron chi connectivity index (χ1n) is 8.19. The summed E-state index contributed by atoms with van der Waals surface area (Å²) in [7, 11) is 0. The van der Waals surface area contributed by atoms with Crippen LogP contribution in [0, 0.1) is 0 Å². The molecule has 0 fully saturated rings. The number of fused-ring (bicyclic) bond motifs is 2. The molecule has 0 aliphatic carbocycles. The van der Waals surface area contributed by atoms with Crippen LogP contribution in [0.15, 0.2) is 66.7 Å². The molecule has 1 atom stereocenters. The van der Waals surface area contributed by atoms with Crippen molar-refractivity contribution in [2.75, 3.05) is 5.88 Å². The number of halogens is 1. The molecule has 3 aromatic rings. The van der Waals surface area contributed by atoms with Crippen LogP contribution in [-0.4, -0.2) is 22.7 Å². The Bertz CT molecular complexity index is 900. The minimum absolute atomic E-state index is 0.0352. The van der Waals surface area contributed by atoms with Crippen LogP contribution in [0.2, 0.25) is 0 Å². The predicted octanol–water partition coefficient (Wildman–Crippen LogP) is 4.65. The van der Waals surface area contributed by atoms with E-state index in [1.54, 1.807) is 0 Å². The number of alkyl halides is 1. The molecule has 1 aliphatic rings. The molecular weight excluding hydrogens is 318 g/mol. The number of hydrogen-bond donors (Lipinski definition) is 0. The van der Waals surface area contributed by atoms with Gasteiger partial charge in [-0.1, -0.05) is 60.7 Å². The van der Waals surface area contributed by atoms with Gasteiger partial charge < -0.3 is 4.90 Å². The molecule has 1 amide bonds. The van der Waals surface area contributed by atoms with E-state index in [9.17, 15) is 4.79 Å². The maximum Gasteiger partial charge on any atom is 0.255 e. The topological polar surface area (TPSA) is 20.3 Å². The van der Waals surface area contributed by atoms with Gasteiger partial charge >= 0.3 is 0 Å². The second-order valence-corrected chi connectivity index (χ2v) is 6.55. The quantitative estimate of drug-likeness (QED) is 0.624. The first kappa shape index (κ1) is 15.2. The van der Waals surface area contributed by atoms with E-state index in [0.29, 0.717) is 12.4 Å². The number of hydrogen-bond acceptors (Lipinski definition) is 1. The van der Waals surface area contributed by atoms with Crippen molar-refractivity contribution in [3.8, 4) is 0 Å². The van der Waals surface area contributed by atoms with Crippen LogP contribution >= 0.6 is 11.6 Å². The molecule has 1 unspecified atom stereocenters. The minimum Gasteiger partial charge on any atom is -0.330 e. The second-order valence-electron chi connectivity index (χ2n) is 6.24. The fourth-order valence-corrected chi connectivity index (χ4v) is 3.81. The summed E-state index contributed by atoms with van der Waals surface area (Å²) in [5, 5.41) is 2.08. The SMILES string of the molecule is O=C(c1cccc2ccccc12)N1Cc2ccccc2CC1CCl. The van der Waals surface area contributed by atoms with Gasteiger partial charge in [-0.2, -0.15) is 0 Å². The van der Waals surface area contributed by atoms with Gasteiger partial charge in [0.2, 0.25) is 0 Å². The number of nitrogens with zero attached hydrogens (tertiary/aromatic N) is 1. The van der Waals surface area contributed by atoms with E-state index in [0.717, 1.165) is 22.8 Å². The predicted molar refractivity (Wildman–Crippen MR) is 98.5 cm³/mol. The molecule has 3 heteroatoms. The van der Waals surface area contributed by atoms with E-state index in [2.05, 4.69) is 12.1 Å². The van der Waals surface area contributed by atoms with Crippen LogP contribution in [0.25, 0.3) is 10.8 Å². The van der Waals surface area contributed by atoms with E-state index in [1.165, 1.54) is 11.1 Å². The van der Waals surface area contributed by atoms with Gasteiger partial charge in [0, 0.05) is 24.0 Å². The van der Waals surface area contributed by atoms with Gasteiger partial charge in [-0.3, -0.25) is 4.79 Å². The standard InChI is InChI=1S/C21H18ClNO/c22-13-18-12-16-7-1-2-8-17(16)14-23(18)21(24)20-11-5-9-15-6-3-4-10-19(15)20/h1-11,18H,12-14H2. The molecule has 0 aromatic heterocycles. The molecule has 1 heterocycles. The molecule has 3 aromatic carbocycles. The third-order valence-corrected chi connectivity index (χ3v) is 5.17. The lowest BCUT2D eigenvalue weighted by Crippen LogP contribution is -2.45. The Labute approximate surface area is 146 Å². The summed E-state index contributed by atoms with van der Waals surface area (Å²) < 4.78 is 0. The van der Waals surface area contributed by atoms with Crippen LogP contribution < -0.4 is 0 Å². The summed E-state index contributed by atoms with van der Waals surface area (Å²) in [4.78, 5) is 15.2. The third-order valence-electron chi connectivity index (χ3n) is 4.81. The molecule has 0 bridgehead atoms. The zero-order valence-electron chi connectivity index (χ0n) is 13.3. The van der Waals surface area contributed by atoms with E-state index >= 15 is 0 Å². The third kappa shape index (κ3) is 2.57. The number of amides is 1. The van der Waals surface area contributed by atoms with E-state index < -0.39 is 0 Å². The summed E-state index contributed by atoms with van der Waals surface area (Å²) in [6, 6.07) is 22.3. The van der Waals surface area contributed by atoms with Gasteiger partial charge in [-0.25, -0.2) is 0 Å². The molecule has 2 nitrogen and oxygen atoms in total. The van der Waals surface area contributed by atoms with E-state index in [1.807, 2.05) is 59.5 Å². The number of benzene rings is 3. The van der Waals surface area contributed by atoms with Gasteiger partial charge in [0.05, 0.1) is 0 Å². The Morgan fingerprint density at radius 1 is 0.958 bits per heavy atom. The van der Waals surface area contributed by atoms with E-state index in [-0.39, 0.29) is 11.9 Å². The fourth-order valence-electron chi connectivity index (χ4n) is 3.53. The Morgan fingerprint density at radius 3 is 2.50 bits per heavy atom. The molecule has 0 spiro atoms. The van der Waals surface area contributed by atoms with Gasteiger partial charge in [0.25, 0.3) is 5.91 Å². The molecule has 24 heavy (non-hydrogen) atoms. The Kier molecular flexibility index (Phi) is 3.99. The maximum absolute atomic E-state index is 13.3. The largest absolute Gasteiger partial charge is 0.330 e. The summed E-state index contributed by atoms with van der Waals surface area (Å²) in [5.41, 5.74) is 3.26. The van der Waals surface area contributed by atoms with Crippen LogP contribution in [-0.2, 0) is 13.0 Å². The smallest absolute Gasteiger partial charge is 0.255 e. The lowest BCUT2D eigenvalue weighted by molar-refractivity contribution is 0.0663. The van der Waals surface area contributed by atoms with Crippen molar-refractivity contribution in [3.63, 3.8) is 0 Å². The monoisotopic (exact) mass is 335 g/mol. The summed E-state index contributed by atoms with van der Waals surface area (Å²) in [6.07, 6.45) is 0.816. The minimum atomic E-state index is 0.0352. The molecule has 4 rings (SSSR count). The lowest BCUT2D eigenvalue weighted by Gasteiger charge is -2.36. The maximum atomic E-state index is 13.3. The molecule has 0 saturated carbocycles. The van der Waals surface area contributed by atoms with Crippen molar-refractivity contribution in [2.45, 2.75) is 19.0 Å². The molecule has 0 saturated heterocycles. The zero-order valence-corrected chi connectivity index (χ0v) is 14.0. The number of carbonyl (C=O) groups is 1. The average Bonchev–Trinajstić information content (AvgIpc) is 2.66. The van der Waals surface area contributed by atoms with Gasteiger partial charge in [-0.05, 0) is 34.4 Å². The second kappa shape index (κ2) is 6.29. The zero-order chi connectivity index (χ0) is 16.5. The van der Waals surface area contributed by atoms with Crippen molar-refractivity contribution in [3.05, 3.63) is 83.4 Å². The van der Waals surface area contributed by atoms with Gasteiger partial charge in [0.15, 0.2) is 0 Å². The lowest BCUT2D eigenvalue weighted by atomic mass is 9.93. The molecule has 1 aliphatic heterocycles. The highest BCUT2D eigenvalue weighted by Gasteiger charge is 2.30. The normalized spacial score (nSPS) is 16.9. The Hall–Kier alpha value is -2.32. The molecular formula is C21H18ClNO. The van der Waals surface area contributed by atoms with Crippen LogP contribution in [0.4, 0.5) is 0 Å².